The van der Waals surface area contributed by atoms with E-state index < -0.39 is 0 Å². The van der Waals surface area contributed by atoms with E-state index >= 15 is 0 Å². The number of nitrogens with zero attached hydrogens (tertiary/aromatic N) is 4. The summed E-state index contributed by atoms with van der Waals surface area (Å²) in [5.74, 6) is 0.859. The van der Waals surface area contributed by atoms with Crippen LogP contribution < -0.4 is 10.2 Å². The predicted octanol–water partition coefficient (Wildman–Crippen LogP) is 2.53. The Hall–Kier alpha value is -1.89. The van der Waals surface area contributed by atoms with Gasteiger partial charge in [-0.3, -0.25) is 4.79 Å². The van der Waals surface area contributed by atoms with Gasteiger partial charge in [0.2, 0.25) is 5.13 Å². The average molecular weight is 333 g/mol. The Kier molecular flexibility index (Phi) is 4.66. The number of aromatic nitrogens is 3. The number of hydrogen-bond donors (Lipinski definition) is 1. The molecule has 7 heteroatoms. The Morgan fingerprint density at radius 3 is 2.96 bits per heavy atom. The van der Waals surface area contributed by atoms with Crippen LogP contribution in [0.15, 0.2) is 12.1 Å². The van der Waals surface area contributed by atoms with Crippen molar-refractivity contribution < 1.29 is 4.79 Å². The van der Waals surface area contributed by atoms with Crippen molar-refractivity contribution in [2.75, 3.05) is 18.5 Å². The van der Waals surface area contributed by atoms with E-state index in [2.05, 4.69) is 32.6 Å². The first-order valence-corrected chi connectivity index (χ1v) is 8.90. The first-order chi connectivity index (χ1) is 11.2. The standard InChI is InChI=1S/C16H23N5OS/c1-4-14-18-16(23-19-14)21-10-6-5-7-12(21)11-8-9-13(20(11)3)15(22)17-2/h8-9,12H,4-7,10H2,1-3H3,(H,17,22)/t12-/m1/s1. The SMILES string of the molecule is CCc1nsc(N2CCCC[C@@H]2c2ccc(C(=O)NC)n2C)n1. The molecule has 23 heavy (non-hydrogen) atoms. The minimum Gasteiger partial charge on any atom is -0.354 e. The monoisotopic (exact) mass is 333 g/mol. The van der Waals surface area contributed by atoms with E-state index in [1.165, 1.54) is 24.4 Å². The fraction of sp³-hybridized carbons (Fsp3) is 0.562. The quantitative estimate of drug-likeness (QED) is 0.934. The van der Waals surface area contributed by atoms with Crippen LogP contribution in [0.5, 0.6) is 0 Å². The number of aryl methyl sites for hydroxylation is 1. The van der Waals surface area contributed by atoms with E-state index in [4.69, 9.17) is 0 Å². The van der Waals surface area contributed by atoms with Crippen molar-refractivity contribution in [2.24, 2.45) is 7.05 Å². The minimum absolute atomic E-state index is 0.0507. The highest BCUT2D eigenvalue weighted by atomic mass is 32.1. The van der Waals surface area contributed by atoms with Crippen molar-refractivity contribution in [3.63, 3.8) is 0 Å². The van der Waals surface area contributed by atoms with Gasteiger partial charge in [0.25, 0.3) is 5.91 Å². The third kappa shape index (κ3) is 2.97. The van der Waals surface area contributed by atoms with Crippen molar-refractivity contribution in [3.05, 3.63) is 29.3 Å². The van der Waals surface area contributed by atoms with Gasteiger partial charge in [-0.25, -0.2) is 4.98 Å². The highest BCUT2D eigenvalue weighted by molar-refractivity contribution is 7.09. The first-order valence-electron chi connectivity index (χ1n) is 8.12. The Morgan fingerprint density at radius 2 is 2.26 bits per heavy atom. The van der Waals surface area contributed by atoms with Gasteiger partial charge in [-0.05, 0) is 31.4 Å². The number of anilines is 1. The number of hydrogen-bond acceptors (Lipinski definition) is 5. The molecular formula is C16H23N5OS. The van der Waals surface area contributed by atoms with Gasteiger partial charge in [-0.15, -0.1) is 0 Å². The second-order valence-electron chi connectivity index (χ2n) is 5.83. The van der Waals surface area contributed by atoms with E-state index in [9.17, 15) is 4.79 Å². The molecule has 124 valence electrons. The molecule has 0 spiro atoms. The number of carbonyl (C=O) groups is 1. The summed E-state index contributed by atoms with van der Waals surface area (Å²) in [6, 6.07) is 4.22. The number of nitrogens with one attached hydrogen (secondary N) is 1. The lowest BCUT2D eigenvalue weighted by Gasteiger charge is -2.35. The minimum atomic E-state index is -0.0507. The molecule has 0 saturated carbocycles. The van der Waals surface area contributed by atoms with Crippen LogP contribution in [0.25, 0.3) is 0 Å². The molecule has 6 nitrogen and oxygen atoms in total. The fourth-order valence-corrected chi connectivity index (χ4v) is 4.02. The molecule has 1 aliphatic rings. The summed E-state index contributed by atoms with van der Waals surface area (Å²) in [5.41, 5.74) is 1.86. The molecule has 3 rings (SSSR count). The molecule has 1 N–H and O–H groups in total. The van der Waals surface area contributed by atoms with Crippen LogP contribution in [-0.2, 0) is 13.5 Å². The lowest BCUT2D eigenvalue weighted by atomic mass is 10.00. The summed E-state index contributed by atoms with van der Waals surface area (Å²) in [6.45, 7) is 3.07. The number of rotatable bonds is 4. The smallest absolute Gasteiger partial charge is 0.267 e. The molecular weight excluding hydrogens is 310 g/mol. The van der Waals surface area contributed by atoms with Gasteiger partial charge in [0.15, 0.2) is 0 Å². The van der Waals surface area contributed by atoms with Gasteiger partial charge in [0.05, 0.1) is 6.04 Å². The first kappa shape index (κ1) is 16.0. The predicted molar refractivity (Wildman–Crippen MR) is 92.0 cm³/mol. The number of amides is 1. The third-order valence-electron chi connectivity index (χ3n) is 4.48. The largest absolute Gasteiger partial charge is 0.354 e. The van der Waals surface area contributed by atoms with Crippen molar-refractivity contribution in [1.29, 1.82) is 0 Å². The van der Waals surface area contributed by atoms with E-state index in [1.54, 1.807) is 7.05 Å². The maximum absolute atomic E-state index is 12.0. The molecule has 2 aromatic heterocycles. The molecule has 0 radical (unpaired) electrons. The zero-order chi connectivity index (χ0) is 16.4. The lowest BCUT2D eigenvalue weighted by Crippen LogP contribution is -2.34. The Balaban J connectivity index is 1.92. The molecule has 0 aliphatic carbocycles. The van der Waals surface area contributed by atoms with Gasteiger partial charge in [-0.1, -0.05) is 6.92 Å². The Morgan fingerprint density at radius 1 is 1.43 bits per heavy atom. The maximum Gasteiger partial charge on any atom is 0.267 e. The number of piperidine rings is 1. The van der Waals surface area contributed by atoms with Gasteiger partial charge in [0.1, 0.15) is 11.5 Å². The van der Waals surface area contributed by atoms with Crippen molar-refractivity contribution in [3.8, 4) is 0 Å². The van der Waals surface area contributed by atoms with Crippen LogP contribution in [-0.4, -0.2) is 33.4 Å². The summed E-state index contributed by atoms with van der Waals surface area (Å²) in [4.78, 5) is 19.0. The molecule has 3 heterocycles. The topological polar surface area (TPSA) is 63.1 Å². The highest BCUT2D eigenvalue weighted by Gasteiger charge is 2.29. The van der Waals surface area contributed by atoms with Crippen LogP contribution in [0.2, 0.25) is 0 Å². The third-order valence-corrected chi connectivity index (χ3v) is 5.27. The van der Waals surface area contributed by atoms with E-state index in [-0.39, 0.29) is 11.9 Å². The molecule has 1 fully saturated rings. The highest BCUT2D eigenvalue weighted by Crippen LogP contribution is 2.36. The van der Waals surface area contributed by atoms with Crippen molar-refractivity contribution in [2.45, 2.75) is 38.6 Å². The molecule has 2 aromatic rings. The molecule has 1 saturated heterocycles. The van der Waals surface area contributed by atoms with Crippen LogP contribution >= 0.6 is 11.5 Å². The van der Waals surface area contributed by atoms with Crippen molar-refractivity contribution in [1.82, 2.24) is 19.2 Å². The van der Waals surface area contributed by atoms with Crippen LogP contribution in [0.1, 0.15) is 54.2 Å². The van der Waals surface area contributed by atoms with Gasteiger partial charge < -0.3 is 14.8 Å². The van der Waals surface area contributed by atoms with Crippen LogP contribution in [0.3, 0.4) is 0 Å². The lowest BCUT2D eigenvalue weighted by molar-refractivity contribution is 0.0954. The molecule has 0 aromatic carbocycles. The molecule has 0 unspecified atom stereocenters. The molecule has 0 bridgehead atoms. The Bertz CT molecular complexity index is 692. The average Bonchev–Trinajstić information content (AvgIpc) is 3.21. The summed E-state index contributed by atoms with van der Waals surface area (Å²) >= 11 is 1.48. The summed E-state index contributed by atoms with van der Waals surface area (Å²) in [6.07, 6.45) is 4.30. The van der Waals surface area contributed by atoms with Crippen LogP contribution in [0.4, 0.5) is 5.13 Å². The van der Waals surface area contributed by atoms with Crippen molar-refractivity contribution >= 4 is 22.6 Å². The van der Waals surface area contributed by atoms with Gasteiger partial charge in [-0.2, -0.15) is 4.37 Å². The van der Waals surface area contributed by atoms with Gasteiger partial charge in [0, 0.05) is 44.3 Å². The second kappa shape index (κ2) is 6.70. The maximum atomic E-state index is 12.0. The number of carbonyl (C=O) groups excluding carboxylic acids is 1. The van der Waals surface area contributed by atoms with E-state index in [1.807, 2.05) is 17.7 Å². The summed E-state index contributed by atoms with van der Waals surface area (Å²) in [7, 11) is 3.62. The van der Waals surface area contributed by atoms with E-state index in [0.29, 0.717) is 5.69 Å². The Labute approximate surface area is 140 Å². The normalized spacial score (nSPS) is 18.2. The molecule has 1 atom stereocenters. The second-order valence-corrected chi connectivity index (χ2v) is 6.56. The zero-order valence-electron chi connectivity index (χ0n) is 13.9. The van der Waals surface area contributed by atoms with E-state index in [0.717, 1.165) is 36.0 Å². The molecule has 1 aliphatic heterocycles. The van der Waals surface area contributed by atoms with Gasteiger partial charge >= 0.3 is 0 Å². The summed E-state index contributed by atoms with van der Waals surface area (Å²) < 4.78 is 6.43. The zero-order valence-corrected chi connectivity index (χ0v) is 14.7. The summed E-state index contributed by atoms with van der Waals surface area (Å²) in [5, 5.41) is 3.69. The molecule has 1 amide bonds. The fourth-order valence-electron chi connectivity index (χ4n) is 3.19. The van der Waals surface area contributed by atoms with Crippen LogP contribution in [0, 0.1) is 0 Å².